The van der Waals surface area contributed by atoms with Crippen LogP contribution in [0, 0.1) is 16.7 Å². The number of fused-ring (bicyclic) bond motifs is 2. The van der Waals surface area contributed by atoms with Crippen LogP contribution < -0.4 is 5.32 Å². The molecule has 3 aliphatic heterocycles. The highest BCUT2D eigenvalue weighted by Crippen LogP contribution is 2.38. The number of carbonyl (C=O) groups is 1. The second kappa shape index (κ2) is 9.70. The zero-order chi connectivity index (χ0) is 26.4. The maximum atomic E-state index is 13.2. The summed E-state index contributed by atoms with van der Waals surface area (Å²) in [5.74, 6) is 1.02. The molecule has 0 spiro atoms. The van der Waals surface area contributed by atoms with Gasteiger partial charge in [0.1, 0.15) is 17.5 Å². The quantitative estimate of drug-likeness (QED) is 0.656. The van der Waals surface area contributed by atoms with Gasteiger partial charge in [-0.2, -0.15) is 10.3 Å². The van der Waals surface area contributed by atoms with Gasteiger partial charge >= 0.3 is 0 Å². The predicted octanol–water partition coefficient (Wildman–Crippen LogP) is 4.01. The van der Waals surface area contributed by atoms with Crippen molar-refractivity contribution in [2.75, 3.05) is 45.6 Å². The van der Waals surface area contributed by atoms with Gasteiger partial charge in [0.25, 0.3) is 5.91 Å². The first-order chi connectivity index (χ1) is 17.6. The Hall–Kier alpha value is -3.02. The van der Waals surface area contributed by atoms with Crippen LogP contribution in [0.4, 0.5) is 5.69 Å². The van der Waals surface area contributed by atoms with E-state index in [0.717, 1.165) is 63.4 Å². The van der Waals surface area contributed by atoms with Crippen LogP contribution >= 0.6 is 0 Å². The van der Waals surface area contributed by atoms with E-state index in [4.69, 9.17) is 9.98 Å². The monoisotopic (exact) mass is 503 g/mol. The molecule has 1 aromatic carbocycles. The molecule has 1 atom stereocenters. The summed E-state index contributed by atoms with van der Waals surface area (Å²) in [6, 6.07) is 8.79. The second-order valence-corrected chi connectivity index (χ2v) is 12.2. The first kappa shape index (κ1) is 25.6. The molecule has 0 saturated heterocycles. The summed E-state index contributed by atoms with van der Waals surface area (Å²) in [4.78, 5) is 29.5. The molecule has 1 fully saturated rings. The van der Waals surface area contributed by atoms with Gasteiger partial charge in [-0.15, -0.1) is 0 Å². The third-order valence-corrected chi connectivity index (χ3v) is 8.20. The average molecular weight is 504 g/mol. The number of hydrogen-bond acceptors (Lipinski definition) is 7. The molecular formula is C29H41N7O. The molecule has 1 amide bonds. The molecule has 37 heavy (non-hydrogen) atoms. The van der Waals surface area contributed by atoms with Crippen molar-refractivity contribution in [1.29, 1.82) is 5.26 Å². The summed E-state index contributed by atoms with van der Waals surface area (Å²) >= 11 is 0. The Morgan fingerprint density at radius 2 is 2.00 bits per heavy atom. The number of hydrogen-bond donors (Lipinski definition) is 1. The lowest BCUT2D eigenvalue weighted by atomic mass is 9.78. The van der Waals surface area contributed by atoms with E-state index in [1.807, 2.05) is 6.92 Å². The van der Waals surface area contributed by atoms with Crippen LogP contribution in [-0.2, 0) is 16.8 Å². The minimum absolute atomic E-state index is 0. The minimum atomic E-state index is -0.556. The van der Waals surface area contributed by atoms with E-state index in [1.54, 1.807) is 11.0 Å². The summed E-state index contributed by atoms with van der Waals surface area (Å²) in [5, 5.41) is 13.1. The van der Waals surface area contributed by atoms with Crippen molar-refractivity contribution >= 4 is 23.4 Å². The maximum Gasteiger partial charge on any atom is 0.269 e. The van der Waals surface area contributed by atoms with Crippen LogP contribution in [0.25, 0.3) is 0 Å². The number of benzene rings is 1. The number of aliphatic imine (C=N–C) groups is 2. The topological polar surface area (TPSA) is 87.3 Å². The number of nitriles is 1. The second-order valence-electron chi connectivity index (χ2n) is 12.2. The van der Waals surface area contributed by atoms with Crippen molar-refractivity contribution in [1.82, 2.24) is 14.7 Å². The fraction of sp³-hybridized carbons (Fsp3) is 0.586. The van der Waals surface area contributed by atoms with Gasteiger partial charge in [-0.3, -0.25) is 14.6 Å². The molecule has 1 unspecified atom stereocenters. The molecule has 5 rings (SSSR count). The molecule has 0 radical (unpaired) electrons. The third kappa shape index (κ3) is 4.95. The fourth-order valence-electron chi connectivity index (χ4n) is 6.30. The maximum absolute atomic E-state index is 13.2. The molecule has 1 N–H and O–H groups in total. The van der Waals surface area contributed by atoms with Gasteiger partial charge in [-0.05, 0) is 63.2 Å². The Kier molecular flexibility index (Phi) is 6.71. The first-order valence-electron chi connectivity index (χ1n) is 13.5. The van der Waals surface area contributed by atoms with Crippen LogP contribution in [0.15, 0.2) is 39.8 Å². The van der Waals surface area contributed by atoms with E-state index < -0.39 is 5.41 Å². The smallest absolute Gasteiger partial charge is 0.269 e. The molecule has 3 heterocycles. The van der Waals surface area contributed by atoms with Crippen molar-refractivity contribution in [3.8, 4) is 6.07 Å². The van der Waals surface area contributed by atoms with E-state index in [0.29, 0.717) is 12.5 Å². The van der Waals surface area contributed by atoms with Gasteiger partial charge in [0.2, 0.25) is 5.96 Å². The third-order valence-electron chi connectivity index (χ3n) is 8.20. The van der Waals surface area contributed by atoms with Crippen molar-refractivity contribution in [3.05, 3.63) is 41.0 Å². The van der Waals surface area contributed by atoms with Gasteiger partial charge in [0.05, 0.1) is 12.0 Å². The molecule has 198 valence electrons. The van der Waals surface area contributed by atoms with Gasteiger partial charge in [0.15, 0.2) is 0 Å². The highest BCUT2D eigenvalue weighted by molar-refractivity contribution is 6.18. The minimum Gasteiger partial charge on any atom is -0.324 e. The Morgan fingerprint density at radius 3 is 2.70 bits per heavy atom. The van der Waals surface area contributed by atoms with Crippen LogP contribution in [0.3, 0.4) is 0 Å². The van der Waals surface area contributed by atoms with Crippen molar-refractivity contribution in [3.63, 3.8) is 0 Å². The molecule has 1 aromatic rings. The number of anilines is 1. The van der Waals surface area contributed by atoms with Gasteiger partial charge in [0, 0.05) is 44.7 Å². The van der Waals surface area contributed by atoms with Crippen molar-refractivity contribution < 1.29 is 6.22 Å². The molecule has 1 aliphatic carbocycles. The lowest BCUT2D eigenvalue weighted by Crippen LogP contribution is -2.55. The molecule has 0 bridgehead atoms. The fourth-order valence-corrected chi connectivity index (χ4v) is 6.30. The average Bonchev–Trinajstić information content (AvgIpc) is 3.37. The zero-order valence-electron chi connectivity index (χ0n) is 22.8. The summed E-state index contributed by atoms with van der Waals surface area (Å²) in [5.41, 5.74) is 3.41. The molecule has 8 nitrogen and oxygen atoms in total. The Bertz CT molecular complexity index is 1220. The van der Waals surface area contributed by atoms with Crippen LogP contribution in [-0.4, -0.2) is 78.7 Å². The number of amides is 1. The lowest BCUT2D eigenvalue weighted by molar-refractivity contribution is -0.125. The standard InChI is InChI=1S/C29H39N7O.H2/c1-28(2)19-35(13-12-34(4)5)17-20-14-22(10-11-24(20)28)32-27-31-18-29(3)15-21(16-30)25(37)36(26(29)33-27)23-8-6-7-9-23;/h10-11,14-15,23H,6-9,12-13,17-19H2,1-5H3,(H,31,32);1H. The normalized spacial score (nSPS) is 25.7. The zero-order valence-corrected chi connectivity index (χ0v) is 22.8. The summed E-state index contributed by atoms with van der Waals surface area (Å²) in [6.07, 6.45) is 5.86. The summed E-state index contributed by atoms with van der Waals surface area (Å²) in [7, 11) is 4.24. The molecule has 8 heteroatoms. The molecule has 1 saturated carbocycles. The van der Waals surface area contributed by atoms with Gasteiger partial charge in [-0.25, -0.2) is 4.99 Å². The summed E-state index contributed by atoms with van der Waals surface area (Å²) < 4.78 is 0. The first-order valence-corrected chi connectivity index (χ1v) is 13.5. The lowest BCUT2D eigenvalue weighted by Gasteiger charge is -2.42. The number of guanidine groups is 1. The number of likely N-dealkylation sites (N-methyl/N-ethyl adjacent to an activating group) is 1. The van der Waals surface area contributed by atoms with E-state index in [9.17, 15) is 10.1 Å². The van der Waals surface area contributed by atoms with Crippen LogP contribution in [0.2, 0.25) is 0 Å². The Morgan fingerprint density at radius 1 is 1.24 bits per heavy atom. The van der Waals surface area contributed by atoms with E-state index in [-0.39, 0.29) is 24.4 Å². The Balaban J connectivity index is 0.00000336. The SMILES string of the molecule is CN(C)CCN1Cc2cc(NC3=NCC4(C)C=C(C#N)C(=O)N(C5CCCC5)C4=N3)ccc2C(C)(C)C1.[HH]. The molecule has 0 aromatic heterocycles. The van der Waals surface area contributed by atoms with Gasteiger partial charge < -0.3 is 10.2 Å². The van der Waals surface area contributed by atoms with Gasteiger partial charge in [-0.1, -0.05) is 32.8 Å². The van der Waals surface area contributed by atoms with Crippen molar-refractivity contribution in [2.24, 2.45) is 15.4 Å². The summed E-state index contributed by atoms with van der Waals surface area (Å²) in [6.45, 7) is 11.2. The number of nitrogens with zero attached hydrogens (tertiary/aromatic N) is 6. The van der Waals surface area contributed by atoms with E-state index in [2.05, 4.69) is 67.3 Å². The number of carbonyl (C=O) groups excluding carboxylic acids is 1. The number of rotatable bonds is 5. The number of nitrogens with one attached hydrogen (secondary N) is 1. The molecular weight excluding hydrogens is 462 g/mol. The predicted molar refractivity (Wildman–Crippen MR) is 150 cm³/mol. The molecule has 4 aliphatic rings. The number of amidine groups is 1. The Labute approximate surface area is 222 Å². The highest BCUT2D eigenvalue weighted by Gasteiger charge is 2.46. The van der Waals surface area contributed by atoms with Crippen LogP contribution in [0.5, 0.6) is 0 Å². The highest BCUT2D eigenvalue weighted by atomic mass is 16.2. The van der Waals surface area contributed by atoms with E-state index >= 15 is 0 Å². The largest absolute Gasteiger partial charge is 0.324 e. The van der Waals surface area contributed by atoms with E-state index in [1.165, 1.54) is 11.1 Å². The van der Waals surface area contributed by atoms with Crippen LogP contribution in [0.1, 0.15) is 59.0 Å². The van der Waals surface area contributed by atoms with Crippen molar-refractivity contribution in [2.45, 2.75) is 64.5 Å².